The molecule has 6 heteroatoms. The number of methoxy groups -OCH3 is 1. The lowest BCUT2D eigenvalue weighted by molar-refractivity contribution is -0.140. The van der Waals surface area contributed by atoms with Crippen molar-refractivity contribution in [2.75, 3.05) is 19.9 Å². The molecule has 1 atom stereocenters. The summed E-state index contributed by atoms with van der Waals surface area (Å²) in [5.74, 6) is -0.450. The number of ether oxygens (including phenoxy) is 1. The third-order valence-electron chi connectivity index (χ3n) is 3.55. The van der Waals surface area contributed by atoms with Crippen molar-refractivity contribution in [1.29, 1.82) is 0 Å². The maximum Gasteiger partial charge on any atom is 0.305 e. The third kappa shape index (κ3) is 5.13. The van der Waals surface area contributed by atoms with Crippen LogP contribution in [0.4, 0.5) is 0 Å². The van der Waals surface area contributed by atoms with Crippen LogP contribution in [0.1, 0.15) is 36.9 Å². The lowest BCUT2D eigenvalue weighted by atomic mass is 10.1. The van der Waals surface area contributed by atoms with Gasteiger partial charge < -0.3 is 4.74 Å². The number of esters is 1. The maximum absolute atomic E-state index is 12.3. The van der Waals surface area contributed by atoms with Gasteiger partial charge in [0.15, 0.2) is 0 Å². The van der Waals surface area contributed by atoms with E-state index in [4.69, 9.17) is 0 Å². The molecule has 1 rings (SSSR count). The molecule has 5 nitrogen and oxygen atoms in total. The summed E-state index contributed by atoms with van der Waals surface area (Å²) in [4.78, 5) is 11.0. The second-order valence-corrected chi connectivity index (χ2v) is 7.25. The highest BCUT2D eigenvalue weighted by Crippen LogP contribution is 2.22. The highest BCUT2D eigenvalue weighted by Gasteiger charge is 2.24. The van der Waals surface area contributed by atoms with Crippen LogP contribution < -0.4 is 0 Å². The fourth-order valence-corrected chi connectivity index (χ4v) is 3.34. The fraction of sp³-hybridized carbons (Fsp3) is 0.533. The van der Waals surface area contributed by atoms with E-state index >= 15 is 0 Å². The van der Waals surface area contributed by atoms with E-state index in [1.54, 1.807) is 7.05 Å². The predicted octanol–water partition coefficient (Wildman–Crippen LogP) is 2.27. The van der Waals surface area contributed by atoms with Crippen molar-refractivity contribution in [3.8, 4) is 0 Å². The molecule has 0 bridgehead atoms. The molecule has 0 saturated heterocycles. The molecule has 0 aromatic heterocycles. The average Bonchev–Trinajstić information content (AvgIpc) is 2.46. The smallest absolute Gasteiger partial charge is 0.305 e. The van der Waals surface area contributed by atoms with Gasteiger partial charge in [-0.2, -0.15) is 4.31 Å². The molecule has 0 spiro atoms. The first kappa shape index (κ1) is 17.7. The molecule has 0 aliphatic heterocycles. The van der Waals surface area contributed by atoms with Crippen molar-refractivity contribution in [3.63, 3.8) is 0 Å². The van der Waals surface area contributed by atoms with Crippen LogP contribution in [0.5, 0.6) is 0 Å². The van der Waals surface area contributed by atoms with Gasteiger partial charge in [-0.1, -0.05) is 29.8 Å². The highest BCUT2D eigenvalue weighted by molar-refractivity contribution is 7.89. The first-order valence-electron chi connectivity index (χ1n) is 6.87. The molecular formula is C15H23NO4S. The molecule has 1 aromatic rings. The van der Waals surface area contributed by atoms with E-state index < -0.39 is 10.0 Å². The first-order chi connectivity index (χ1) is 9.77. The lowest BCUT2D eigenvalue weighted by Gasteiger charge is -2.24. The molecule has 0 fully saturated rings. The second-order valence-electron chi connectivity index (χ2n) is 5.10. The molecule has 118 valence electrons. The first-order valence-corrected chi connectivity index (χ1v) is 8.48. The Balaban J connectivity index is 2.69. The van der Waals surface area contributed by atoms with Gasteiger partial charge in [0.2, 0.25) is 10.0 Å². The molecule has 0 aliphatic rings. The van der Waals surface area contributed by atoms with E-state index in [0.717, 1.165) is 11.1 Å². The van der Waals surface area contributed by atoms with Crippen LogP contribution in [0.3, 0.4) is 0 Å². The number of sulfonamides is 1. The number of nitrogens with zero attached hydrogens (tertiary/aromatic N) is 1. The Kier molecular flexibility index (Phi) is 6.36. The van der Waals surface area contributed by atoms with Gasteiger partial charge in [0.05, 0.1) is 12.9 Å². The number of carbonyl (C=O) groups excluding carboxylic acids is 1. The number of benzene rings is 1. The Morgan fingerprint density at radius 2 is 1.86 bits per heavy atom. The fourth-order valence-electron chi connectivity index (χ4n) is 1.94. The zero-order valence-electron chi connectivity index (χ0n) is 13.0. The van der Waals surface area contributed by atoms with Crippen LogP contribution in [0, 0.1) is 6.92 Å². The molecular weight excluding hydrogens is 290 g/mol. The minimum absolute atomic E-state index is 0.0607. The summed E-state index contributed by atoms with van der Waals surface area (Å²) < 4.78 is 30.4. The number of hydrogen-bond acceptors (Lipinski definition) is 4. The topological polar surface area (TPSA) is 63.7 Å². The number of carbonyl (C=O) groups is 1. The lowest BCUT2D eigenvalue weighted by Crippen LogP contribution is -2.32. The Labute approximate surface area is 127 Å². The van der Waals surface area contributed by atoms with E-state index in [0.29, 0.717) is 0 Å². The van der Waals surface area contributed by atoms with Crippen LogP contribution in [0.15, 0.2) is 24.3 Å². The van der Waals surface area contributed by atoms with Crippen LogP contribution in [0.25, 0.3) is 0 Å². The van der Waals surface area contributed by atoms with E-state index in [1.807, 2.05) is 38.1 Å². The second kappa shape index (κ2) is 7.56. The molecule has 0 heterocycles. The summed E-state index contributed by atoms with van der Waals surface area (Å²) in [5, 5.41) is 0. The predicted molar refractivity (Wildman–Crippen MR) is 82.4 cm³/mol. The Bertz CT molecular complexity index is 566. The van der Waals surface area contributed by atoms with Crippen molar-refractivity contribution >= 4 is 16.0 Å². The van der Waals surface area contributed by atoms with E-state index in [-0.39, 0.29) is 30.6 Å². The molecule has 0 amide bonds. The van der Waals surface area contributed by atoms with E-state index in [9.17, 15) is 13.2 Å². The minimum atomic E-state index is -3.40. The minimum Gasteiger partial charge on any atom is -0.469 e. The van der Waals surface area contributed by atoms with Crippen LogP contribution >= 0.6 is 0 Å². The van der Waals surface area contributed by atoms with Gasteiger partial charge in [0.1, 0.15) is 0 Å². The zero-order chi connectivity index (χ0) is 16.0. The van der Waals surface area contributed by atoms with Crippen molar-refractivity contribution in [2.45, 2.75) is 32.7 Å². The van der Waals surface area contributed by atoms with Crippen LogP contribution in [-0.4, -0.2) is 38.6 Å². The van der Waals surface area contributed by atoms with Gasteiger partial charge in [-0.25, -0.2) is 8.42 Å². The normalized spacial score (nSPS) is 13.2. The average molecular weight is 313 g/mol. The SMILES string of the molecule is COC(=O)CCCS(=O)(=O)N(C)C(C)c1ccc(C)cc1. The van der Waals surface area contributed by atoms with Gasteiger partial charge in [0, 0.05) is 19.5 Å². The van der Waals surface area contributed by atoms with Gasteiger partial charge in [-0.15, -0.1) is 0 Å². The maximum atomic E-state index is 12.3. The Morgan fingerprint density at radius 3 is 2.38 bits per heavy atom. The zero-order valence-corrected chi connectivity index (χ0v) is 13.8. The van der Waals surface area contributed by atoms with E-state index in [1.165, 1.54) is 11.4 Å². The molecule has 1 unspecified atom stereocenters. The van der Waals surface area contributed by atoms with Gasteiger partial charge in [-0.05, 0) is 25.8 Å². The van der Waals surface area contributed by atoms with E-state index in [2.05, 4.69) is 4.74 Å². The monoisotopic (exact) mass is 313 g/mol. The molecule has 0 radical (unpaired) electrons. The Hall–Kier alpha value is -1.40. The summed E-state index contributed by atoms with van der Waals surface area (Å²) in [7, 11) is -0.535. The molecule has 0 N–H and O–H groups in total. The van der Waals surface area contributed by atoms with Gasteiger partial charge >= 0.3 is 5.97 Å². The van der Waals surface area contributed by atoms with Crippen molar-refractivity contribution < 1.29 is 17.9 Å². The standard InChI is InChI=1S/C15H23NO4S/c1-12-7-9-14(10-8-12)13(2)16(3)21(18,19)11-5-6-15(17)20-4/h7-10,13H,5-6,11H2,1-4H3. The largest absolute Gasteiger partial charge is 0.469 e. The quantitative estimate of drug-likeness (QED) is 0.724. The Morgan fingerprint density at radius 1 is 1.29 bits per heavy atom. The summed E-state index contributed by atoms with van der Waals surface area (Å²) in [6.45, 7) is 3.84. The van der Waals surface area contributed by atoms with Gasteiger partial charge in [0.25, 0.3) is 0 Å². The third-order valence-corrected chi connectivity index (χ3v) is 5.55. The molecule has 21 heavy (non-hydrogen) atoms. The molecule has 0 saturated carbocycles. The molecule has 0 aliphatic carbocycles. The number of aryl methyl sites for hydroxylation is 1. The molecule has 1 aromatic carbocycles. The summed E-state index contributed by atoms with van der Waals surface area (Å²) in [6.07, 6.45) is 0.377. The van der Waals surface area contributed by atoms with Crippen LogP contribution in [0.2, 0.25) is 0 Å². The van der Waals surface area contributed by atoms with Gasteiger partial charge in [-0.3, -0.25) is 4.79 Å². The number of hydrogen-bond donors (Lipinski definition) is 0. The van der Waals surface area contributed by atoms with Crippen molar-refractivity contribution in [2.24, 2.45) is 0 Å². The summed E-state index contributed by atoms with van der Waals surface area (Å²) >= 11 is 0. The van der Waals surface area contributed by atoms with Crippen molar-refractivity contribution in [3.05, 3.63) is 35.4 Å². The summed E-state index contributed by atoms with van der Waals surface area (Å²) in [5.41, 5.74) is 2.08. The summed E-state index contributed by atoms with van der Waals surface area (Å²) in [6, 6.07) is 7.54. The highest BCUT2D eigenvalue weighted by atomic mass is 32.2. The van der Waals surface area contributed by atoms with Crippen LogP contribution in [-0.2, 0) is 19.6 Å². The van der Waals surface area contributed by atoms with Crippen molar-refractivity contribution in [1.82, 2.24) is 4.31 Å². The number of rotatable bonds is 7.